The summed E-state index contributed by atoms with van der Waals surface area (Å²) in [4.78, 5) is 10.7. The molecule has 1 aliphatic heterocycles. The molecule has 0 aromatic heterocycles. The number of rotatable bonds is 2. The lowest BCUT2D eigenvalue weighted by Crippen LogP contribution is -2.04. The Morgan fingerprint density at radius 1 is 1.38 bits per heavy atom. The van der Waals surface area contributed by atoms with Crippen LogP contribution in [-0.2, 0) is 4.79 Å². The Labute approximate surface area is 94.0 Å². The Balaban J connectivity index is 2.50. The first kappa shape index (κ1) is 10.5. The molecule has 0 fully saturated rings. The van der Waals surface area contributed by atoms with Crippen LogP contribution in [0.4, 0.5) is 0 Å². The SMILES string of the molecule is COc1cccc2c1O/C(=C(/C)C=O)C=C2. The fourth-order valence-corrected chi connectivity index (χ4v) is 1.51. The number of allylic oxidation sites excluding steroid dienone is 2. The third-order valence-electron chi connectivity index (χ3n) is 2.42. The standard InChI is InChI=1S/C13H12O3/c1-9(8-14)11-7-6-10-4-3-5-12(15-2)13(10)16-11/h3-8H,1-2H3/b11-9-. The fourth-order valence-electron chi connectivity index (χ4n) is 1.51. The number of hydrogen-bond donors (Lipinski definition) is 0. The molecule has 1 aliphatic rings. The van der Waals surface area contributed by atoms with Gasteiger partial charge in [-0.1, -0.05) is 12.1 Å². The van der Waals surface area contributed by atoms with Crippen LogP contribution < -0.4 is 9.47 Å². The average Bonchev–Trinajstić information content (AvgIpc) is 2.36. The van der Waals surface area contributed by atoms with Crippen molar-refractivity contribution < 1.29 is 14.3 Å². The van der Waals surface area contributed by atoms with Gasteiger partial charge in [-0.25, -0.2) is 0 Å². The maximum absolute atomic E-state index is 10.7. The van der Waals surface area contributed by atoms with E-state index < -0.39 is 0 Å². The number of para-hydroxylation sites is 1. The minimum absolute atomic E-state index is 0.562. The van der Waals surface area contributed by atoms with Crippen molar-refractivity contribution in [3.63, 3.8) is 0 Å². The van der Waals surface area contributed by atoms with E-state index in [1.807, 2.05) is 24.3 Å². The Bertz CT molecular complexity index is 484. The van der Waals surface area contributed by atoms with Crippen LogP contribution in [0, 0.1) is 0 Å². The molecule has 1 aromatic rings. The van der Waals surface area contributed by atoms with Gasteiger partial charge in [-0.2, -0.15) is 0 Å². The van der Waals surface area contributed by atoms with Crippen LogP contribution in [0.2, 0.25) is 0 Å². The smallest absolute Gasteiger partial charge is 0.176 e. The zero-order valence-corrected chi connectivity index (χ0v) is 9.19. The molecule has 0 saturated heterocycles. The number of methoxy groups -OCH3 is 1. The molecule has 0 unspecified atom stereocenters. The Morgan fingerprint density at radius 2 is 2.19 bits per heavy atom. The van der Waals surface area contributed by atoms with E-state index in [4.69, 9.17) is 9.47 Å². The highest BCUT2D eigenvalue weighted by molar-refractivity contribution is 5.77. The first-order valence-electron chi connectivity index (χ1n) is 4.95. The van der Waals surface area contributed by atoms with Gasteiger partial charge in [0.25, 0.3) is 0 Å². The molecule has 0 spiro atoms. The van der Waals surface area contributed by atoms with E-state index >= 15 is 0 Å². The van der Waals surface area contributed by atoms with E-state index in [9.17, 15) is 4.79 Å². The third kappa shape index (κ3) is 1.72. The summed E-state index contributed by atoms with van der Waals surface area (Å²) < 4.78 is 10.8. The van der Waals surface area contributed by atoms with Crippen molar-refractivity contribution in [1.82, 2.24) is 0 Å². The van der Waals surface area contributed by atoms with Crippen molar-refractivity contribution in [3.8, 4) is 11.5 Å². The number of fused-ring (bicyclic) bond motifs is 1. The maximum Gasteiger partial charge on any atom is 0.176 e. The molecular weight excluding hydrogens is 204 g/mol. The molecule has 0 radical (unpaired) electrons. The van der Waals surface area contributed by atoms with Crippen LogP contribution in [0.1, 0.15) is 12.5 Å². The zero-order valence-electron chi connectivity index (χ0n) is 9.19. The van der Waals surface area contributed by atoms with Gasteiger partial charge in [0, 0.05) is 11.1 Å². The van der Waals surface area contributed by atoms with Crippen molar-refractivity contribution >= 4 is 12.4 Å². The molecule has 0 aliphatic carbocycles. The molecule has 3 heteroatoms. The van der Waals surface area contributed by atoms with Gasteiger partial charge in [-0.05, 0) is 25.1 Å². The molecule has 2 rings (SSSR count). The van der Waals surface area contributed by atoms with E-state index in [1.165, 1.54) is 0 Å². The number of carbonyl (C=O) groups is 1. The van der Waals surface area contributed by atoms with Crippen LogP contribution in [0.25, 0.3) is 6.08 Å². The molecule has 82 valence electrons. The van der Waals surface area contributed by atoms with E-state index in [1.54, 1.807) is 20.1 Å². The van der Waals surface area contributed by atoms with Gasteiger partial charge in [0.1, 0.15) is 12.0 Å². The fraction of sp³-hybridized carbons (Fsp3) is 0.154. The summed E-state index contributed by atoms with van der Waals surface area (Å²) in [6.45, 7) is 1.72. The minimum atomic E-state index is 0.562. The summed E-state index contributed by atoms with van der Waals surface area (Å²) in [5.41, 5.74) is 1.51. The molecule has 0 N–H and O–H groups in total. The monoisotopic (exact) mass is 216 g/mol. The van der Waals surface area contributed by atoms with Crippen LogP contribution in [0.3, 0.4) is 0 Å². The molecule has 0 amide bonds. The summed E-state index contributed by atoms with van der Waals surface area (Å²) in [7, 11) is 1.59. The van der Waals surface area contributed by atoms with Crippen molar-refractivity contribution in [2.45, 2.75) is 6.92 Å². The van der Waals surface area contributed by atoms with Crippen LogP contribution in [0.5, 0.6) is 11.5 Å². The van der Waals surface area contributed by atoms with Crippen molar-refractivity contribution in [2.75, 3.05) is 7.11 Å². The number of carbonyl (C=O) groups excluding carboxylic acids is 1. The quantitative estimate of drug-likeness (QED) is 0.563. The topological polar surface area (TPSA) is 35.5 Å². The number of hydrogen-bond acceptors (Lipinski definition) is 3. The molecule has 0 atom stereocenters. The first-order valence-corrected chi connectivity index (χ1v) is 4.95. The lowest BCUT2D eigenvalue weighted by molar-refractivity contribution is -0.105. The second-order valence-corrected chi connectivity index (χ2v) is 3.48. The van der Waals surface area contributed by atoms with E-state index in [-0.39, 0.29) is 0 Å². The molecular formula is C13H12O3. The second kappa shape index (κ2) is 4.23. The van der Waals surface area contributed by atoms with E-state index in [0.29, 0.717) is 22.8 Å². The van der Waals surface area contributed by atoms with Gasteiger partial charge in [0.15, 0.2) is 11.5 Å². The zero-order chi connectivity index (χ0) is 11.5. The van der Waals surface area contributed by atoms with Gasteiger partial charge in [-0.15, -0.1) is 0 Å². The predicted octanol–water partition coefficient (Wildman–Crippen LogP) is 2.57. The molecule has 1 heterocycles. The summed E-state index contributed by atoms with van der Waals surface area (Å²) >= 11 is 0. The van der Waals surface area contributed by atoms with Crippen molar-refractivity contribution in [2.24, 2.45) is 0 Å². The Morgan fingerprint density at radius 3 is 2.88 bits per heavy atom. The normalized spacial score (nSPS) is 16.1. The average molecular weight is 216 g/mol. The van der Waals surface area contributed by atoms with Crippen LogP contribution >= 0.6 is 0 Å². The van der Waals surface area contributed by atoms with Gasteiger partial charge in [0.2, 0.25) is 0 Å². The Kier molecular flexibility index (Phi) is 2.77. The summed E-state index contributed by atoms with van der Waals surface area (Å²) in [5, 5.41) is 0. The van der Waals surface area contributed by atoms with E-state index in [2.05, 4.69) is 0 Å². The predicted molar refractivity (Wildman–Crippen MR) is 61.4 cm³/mol. The molecule has 1 aromatic carbocycles. The number of benzene rings is 1. The highest BCUT2D eigenvalue weighted by atomic mass is 16.5. The Hall–Kier alpha value is -2.03. The summed E-state index contributed by atoms with van der Waals surface area (Å²) in [5.74, 6) is 1.88. The van der Waals surface area contributed by atoms with Crippen LogP contribution in [0.15, 0.2) is 35.6 Å². The van der Waals surface area contributed by atoms with Gasteiger partial charge in [-0.3, -0.25) is 4.79 Å². The number of ether oxygens (including phenoxy) is 2. The highest BCUT2D eigenvalue weighted by Gasteiger charge is 2.15. The molecule has 16 heavy (non-hydrogen) atoms. The van der Waals surface area contributed by atoms with E-state index in [0.717, 1.165) is 11.8 Å². The van der Waals surface area contributed by atoms with Gasteiger partial charge >= 0.3 is 0 Å². The highest BCUT2D eigenvalue weighted by Crippen LogP contribution is 2.36. The summed E-state index contributed by atoms with van der Waals surface area (Å²) in [6.07, 6.45) is 4.47. The number of aldehydes is 1. The lowest BCUT2D eigenvalue weighted by atomic mass is 10.1. The molecule has 0 saturated carbocycles. The second-order valence-electron chi connectivity index (χ2n) is 3.48. The largest absolute Gasteiger partial charge is 0.493 e. The molecule has 3 nitrogen and oxygen atoms in total. The maximum atomic E-state index is 10.7. The minimum Gasteiger partial charge on any atom is -0.493 e. The molecule has 0 bridgehead atoms. The van der Waals surface area contributed by atoms with Crippen LogP contribution in [-0.4, -0.2) is 13.4 Å². The lowest BCUT2D eigenvalue weighted by Gasteiger charge is -2.17. The third-order valence-corrected chi connectivity index (χ3v) is 2.42. The van der Waals surface area contributed by atoms with Gasteiger partial charge < -0.3 is 9.47 Å². The summed E-state index contributed by atoms with van der Waals surface area (Å²) in [6, 6.07) is 5.65. The van der Waals surface area contributed by atoms with Gasteiger partial charge in [0.05, 0.1) is 7.11 Å². The van der Waals surface area contributed by atoms with Crippen molar-refractivity contribution in [1.29, 1.82) is 0 Å². The first-order chi connectivity index (χ1) is 7.76. The van der Waals surface area contributed by atoms with Crippen molar-refractivity contribution in [3.05, 3.63) is 41.2 Å².